The number of benzene rings is 2. The molecule has 0 fully saturated rings. The Morgan fingerprint density at radius 1 is 1.00 bits per heavy atom. The lowest BCUT2D eigenvalue weighted by Gasteiger charge is -2.10. The van der Waals surface area contributed by atoms with E-state index in [2.05, 4.69) is 47.7 Å². The molecule has 3 rings (SSSR count). The second kappa shape index (κ2) is 9.04. The van der Waals surface area contributed by atoms with Crippen LogP contribution in [0.1, 0.15) is 27.0 Å². The van der Waals surface area contributed by atoms with Crippen molar-refractivity contribution in [3.63, 3.8) is 0 Å². The first-order valence-electron chi connectivity index (χ1n) is 9.26. The molecule has 0 aliphatic rings. The summed E-state index contributed by atoms with van der Waals surface area (Å²) in [6, 6.07) is 17.6. The molecule has 1 aromatic heterocycles. The highest BCUT2D eigenvalue weighted by Crippen LogP contribution is 2.19. The van der Waals surface area contributed by atoms with Crippen LogP contribution in [0, 0.1) is 13.8 Å². The molecule has 0 atom stereocenters. The maximum Gasteiger partial charge on any atom is 0.251 e. The van der Waals surface area contributed by atoms with Gasteiger partial charge in [-0.15, -0.1) is 0 Å². The molecule has 0 spiro atoms. The number of methoxy groups -OCH3 is 1. The molecule has 0 saturated heterocycles. The molecular weight excluding hydrogens is 350 g/mol. The van der Waals surface area contributed by atoms with Crippen molar-refractivity contribution in [1.29, 1.82) is 0 Å². The van der Waals surface area contributed by atoms with Crippen LogP contribution in [-0.4, -0.2) is 24.5 Å². The van der Waals surface area contributed by atoms with Gasteiger partial charge >= 0.3 is 0 Å². The highest BCUT2D eigenvalue weighted by molar-refractivity contribution is 5.94. The Kier molecular flexibility index (Phi) is 6.27. The number of hydrogen-bond acceptors (Lipinski definition) is 4. The molecule has 5 heteroatoms. The van der Waals surface area contributed by atoms with Crippen LogP contribution in [0.15, 0.2) is 60.8 Å². The normalized spacial score (nSPS) is 10.4. The Morgan fingerprint density at radius 3 is 2.39 bits per heavy atom. The maximum absolute atomic E-state index is 12.5. The smallest absolute Gasteiger partial charge is 0.251 e. The number of anilines is 2. The summed E-state index contributed by atoms with van der Waals surface area (Å²) >= 11 is 0. The fourth-order valence-corrected chi connectivity index (χ4v) is 3.05. The predicted molar refractivity (Wildman–Crippen MR) is 112 cm³/mol. The number of hydrogen-bond donors (Lipinski definition) is 2. The standard InChI is InChI=1S/C23H25N3O2/c1-16-12-17(2)14-20(13-16)26-22-15-19(9-11-24-22)23(27)25-10-8-18-4-6-21(28-3)7-5-18/h4-7,9,11-15H,8,10H2,1-3H3,(H,24,26)(H,25,27). The van der Waals surface area contributed by atoms with Crippen molar-refractivity contribution in [1.82, 2.24) is 10.3 Å². The van der Waals surface area contributed by atoms with Gasteiger partial charge < -0.3 is 15.4 Å². The van der Waals surface area contributed by atoms with Crippen molar-refractivity contribution in [2.75, 3.05) is 19.0 Å². The topological polar surface area (TPSA) is 63.2 Å². The molecular formula is C23H25N3O2. The van der Waals surface area contributed by atoms with Gasteiger partial charge in [0.2, 0.25) is 0 Å². The van der Waals surface area contributed by atoms with Gasteiger partial charge in [-0.1, -0.05) is 18.2 Å². The van der Waals surface area contributed by atoms with E-state index >= 15 is 0 Å². The van der Waals surface area contributed by atoms with Crippen LogP contribution in [-0.2, 0) is 6.42 Å². The van der Waals surface area contributed by atoms with Gasteiger partial charge in [-0.25, -0.2) is 4.98 Å². The van der Waals surface area contributed by atoms with Gasteiger partial charge in [0, 0.05) is 24.0 Å². The summed E-state index contributed by atoms with van der Waals surface area (Å²) in [6.45, 7) is 4.67. The van der Waals surface area contributed by atoms with E-state index < -0.39 is 0 Å². The number of amides is 1. The number of nitrogens with zero attached hydrogens (tertiary/aromatic N) is 1. The minimum atomic E-state index is -0.112. The van der Waals surface area contributed by atoms with Gasteiger partial charge in [0.15, 0.2) is 0 Å². The molecule has 3 aromatic rings. The summed E-state index contributed by atoms with van der Waals surface area (Å²) in [6.07, 6.45) is 2.40. The fraction of sp³-hybridized carbons (Fsp3) is 0.217. The van der Waals surface area contributed by atoms with Gasteiger partial charge in [0.25, 0.3) is 5.91 Å². The molecule has 0 aliphatic carbocycles. The highest BCUT2D eigenvalue weighted by atomic mass is 16.5. The van der Waals surface area contributed by atoms with E-state index in [1.54, 1.807) is 25.4 Å². The number of nitrogens with one attached hydrogen (secondary N) is 2. The fourth-order valence-electron chi connectivity index (χ4n) is 3.05. The number of pyridine rings is 1. The highest BCUT2D eigenvalue weighted by Gasteiger charge is 2.07. The van der Waals surface area contributed by atoms with Gasteiger partial charge in [0.05, 0.1) is 7.11 Å². The van der Waals surface area contributed by atoms with Crippen LogP contribution in [0.25, 0.3) is 0 Å². The van der Waals surface area contributed by atoms with Crippen LogP contribution >= 0.6 is 0 Å². The Morgan fingerprint density at radius 2 is 1.71 bits per heavy atom. The molecule has 1 heterocycles. The van der Waals surface area contributed by atoms with Crippen LogP contribution in [0.2, 0.25) is 0 Å². The van der Waals surface area contributed by atoms with Crippen LogP contribution in [0.4, 0.5) is 11.5 Å². The van der Waals surface area contributed by atoms with E-state index in [0.717, 1.165) is 23.4 Å². The Hall–Kier alpha value is -3.34. The van der Waals surface area contributed by atoms with E-state index in [1.165, 1.54) is 11.1 Å². The lowest BCUT2D eigenvalue weighted by molar-refractivity contribution is 0.0954. The van der Waals surface area contributed by atoms with E-state index in [4.69, 9.17) is 4.74 Å². The zero-order chi connectivity index (χ0) is 19.9. The molecule has 1 amide bonds. The Bertz CT molecular complexity index is 932. The average molecular weight is 375 g/mol. The number of carbonyl (C=O) groups is 1. The van der Waals surface area contributed by atoms with Crippen LogP contribution in [0.3, 0.4) is 0 Å². The van der Waals surface area contributed by atoms with E-state index in [9.17, 15) is 4.79 Å². The molecule has 2 aromatic carbocycles. The lowest BCUT2D eigenvalue weighted by Crippen LogP contribution is -2.25. The third-order valence-electron chi connectivity index (χ3n) is 4.37. The lowest BCUT2D eigenvalue weighted by atomic mass is 10.1. The number of ether oxygens (including phenoxy) is 1. The van der Waals surface area contributed by atoms with Crippen molar-refractivity contribution in [2.45, 2.75) is 20.3 Å². The molecule has 0 unspecified atom stereocenters. The van der Waals surface area contributed by atoms with Gasteiger partial charge in [-0.05, 0) is 73.4 Å². The molecule has 28 heavy (non-hydrogen) atoms. The Labute approximate surface area is 165 Å². The van der Waals surface area contributed by atoms with E-state index in [-0.39, 0.29) is 5.91 Å². The number of aryl methyl sites for hydroxylation is 2. The monoisotopic (exact) mass is 375 g/mol. The molecule has 0 saturated carbocycles. The molecule has 144 valence electrons. The van der Waals surface area contributed by atoms with Crippen LogP contribution < -0.4 is 15.4 Å². The predicted octanol–water partition coefficient (Wildman–Crippen LogP) is 4.42. The molecule has 0 aliphatic heterocycles. The molecule has 5 nitrogen and oxygen atoms in total. The zero-order valence-electron chi connectivity index (χ0n) is 16.5. The number of aromatic nitrogens is 1. The maximum atomic E-state index is 12.5. The summed E-state index contributed by atoms with van der Waals surface area (Å²) in [5.41, 5.74) is 5.04. The van der Waals surface area contributed by atoms with Gasteiger partial charge in [-0.2, -0.15) is 0 Å². The SMILES string of the molecule is COc1ccc(CCNC(=O)c2ccnc(Nc3cc(C)cc(C)c3)c2)cc1. The summed E-state index contributed by atoms with van der Waals surface area (Å²) in [7, 11) is 1.65. The summed E-state index contributed by atoms with van der Waals surface area (Å²) < 4.78 is 5.15. The second-order valence-corrected chi connectivity index (χ2v) is 6.79. The van der Waals surface area contributed by atoms with Crippen molar-refractivity contribution in [3.05, 3.63) is 83.0 Å². The first-order chi connectivity index (χ1) is 13.5. The summed E-state index contributed by atoms with van der Waals surface area (Å²) in [4.78, 5) is 16.8. The first kappa shape index (κ1) is 19.4. The van der Waals surface area contributed by atoms with Gasteiger partial charge in [-0.3, -0.25) is 4.79 Å². The van der Waals surface area contributed by atoms with E-state index in [1.807, 2.05) is 24.3 Å². The first-order valence-corrected chi connectivity index (χ1v) is 9.26. The summed E-state index contributed by atoms with van der Waals surface area (Å²) in [5.74, 6) is 1.36. The minimum absolute atomic E-state index is 0.112. The number of rotatable bonds is 7. The van der Waals surface area contributed by atoms with Gasteiger partial charge in [0.1, 0.15) is 11.6 Å². The van der Waals surface area contributed by atoms with Crippen molar-refractivity contribution < 1.29 is 9.53 Å². The third kappa shape index (κ3) is 5.33. The Balaban J connectivity index is 1.58. The summed E-state index contributed by atoms with van der Waals surface area (Å²) in [5, 5.41) is 6.23. The molecule has 0 bridgehead atoms. The third-order valence-corrected chi connectivity index (χ3v) is 4.37. The quantitative estimate of drug-likeness (QED) is 0.641. The zero-order valence-corrected chi connectivity index (χ0v) is 16.5. The molecule has 0 radical (unpaired) electrons. The van der Waals surface area contributed by atoms with Crippen molar-refractivity contribution >= 4 is 17.4 Å². The van der Waals surface area contributed by atoms with E-state index in [0.29, 0.717) is 17.9 Å². The average Bonchev–Trinajstić information content (AvgIpc) is 2.68. The minimum Gasteiger partial charge on any atom is -0.497 e. The van der Waals surface area contributed by atoms with Crippen molar-refractivity contribution in [3.8, 4) is 5.75 Å². The largest absolute Gasteiger partial charge is 0.497 e. The molecule has 2 N–H and O–H groups in total. The second-order valence-electron chi connectivity index (χ2n) is 6.79. The van der Waals surface area contributed by atoms with Crippen molar-refractivity contribution in [2.24, 2.45) is 0 Å². The number of carbonyl (C=O) groups excluding carboxylic acids is 1. The van der Waals surface area contributed by atoms with Crippen LogP contribution in [0.5, 0.6) is 5.75 Å².